The van der Waals surface area contributed by atoms with Crippen molar-refractivity contribution in [1.29, 1.82) is 0 Å². The first kappa shape index (κ1) is 21.9. The Balaban J connectivity index is 2.41. The zero-order chi connectivity index (χ0) is 20.0. The average molecular weight is 376 g/mol. The van der Waals surface area contributed by atoms with E-state index in [-0.39, 0.29) is 26.1 Å². The second-order valence-corrected chi connectivity index (χ2v) is 6.57. The fraction of sp³-hybridized carbons (Fsp3) is 0.529. The van der Waals surface area contributed by atoms with Gasteiger partial charge in [0, 0.05) is 24.9 Å². The second-order valence-electron chi connectivity index (χ2n) is 6.57. The molecule has 0 fully saturated rings. The summed E-state index contributed by atoms with van der Waals surface area (Å²) in [7, 11) is 0. The van der Waals surface area contributed by atoms with E-state index in [0.717, 1.165) is 12.1 Å². The summed E-state index contributed by atoms with van der Waals surface area (Å²) in [5, 5.41) is 23.7. The van der Waals surface area contributed by atoms with Gasteiger partial charge in [-0.3, -0.25) is 9.59 Å². The molecule has 0 aliphatic carbocycles. The van der Waals surface area contributed by atoms with Crippen LogP contribution in [0.5, 0.6) is 0 Å². The third-order valence-corrected chi connectivity index (χ3v) is 3.79. The first-order chi connectivity index (χ1) is 12.0. The van der Waals surface area contributed by atoms with Crippen LogP contribution in [0.4, 0.5) is 13.2 Å². The maximum atomic E-state index is 12.6. The molecule has 0 saturated heterocycles. The molecule has 1 rings (SSSR count). The lowest BCUT2D eigenvalue weighted by Crippen LogP contribution is -2.46. The van der Waals surface area contributed by atoms with E-state index in [2.05, 4.69) is 10.6 Å². The summed E-state index contributed by atoms with van der Waals surface area (Å²) in [6.45, 7) is 2.51. The molecule has 0 radical (unpaired) electrons. The number of carbonyl (C=O) groups is 2. The molecule has 0 unspecified atom stereocenters. The minimum Gasteiger partial charge on any atom is -0.396 e. The van der Waals surface area contributed by atoms with Crippen molar-refractivity contribution in [2.75, 3.05) is 13.2 Å². The molecule has 9 heteroatoms. The molecule has 2 amide bonds. The Kier molecular flexibility index (Phi) is 7.58. The van der Waals surface area contributed by atoms with Gasteiger partial charge in [0.1, 0.15) is 6.10 Å². The van der Waals surface area contributed by atoms with E-state index < -0.39 is 35.1 Å². The quantitative estimate of drug-likeness (QED) is 0.548. The maximum Gasteiger partial charge on any atom is 0.416 e. The van der Waals surface area contributed by atoms with E-state index in [9.17, 15) is 27.9 Å². The molecule has 0 aliphatic rings. The van der Waals surface area contributed by atoms with Crippen molar-refractivity contribution < 1.29 is 33.0 Å². The van der Waals surface area contributed by atoms with Crippen LogP contribution in [0.25, 0.3) is 0 Å². The van der Waals surface area contributed by atoms with Gasteiger partial charge in [0.05, 0.1) is 12.2 Å². The fourth-order valence-corrected chi connectivity index (χ4v) is 1.98. The third-order valence-electron chi connectivity index (χ3n) is 3.79. The van der Waals surface area contributed by atoms with Crippen molar-refractivity contribution in [3.63, 3.8) is 0 Å². The van der Waals surface area contributed by atoms with E-state index in [4.69, 9.17) is 5.11 Å². The van der Waals surface area contributed by atoms with Crippen molar-refractivity contribution in [2.24, 2.45) is 5.41 Å². The highest BCUT2D eigenvalue weighted by Crippen LogP contribution is 2.29. The predicted molar refractivity (Wildman–Crippen MR) is 87.8 cm³/mol. The fourth-order valence-electron chi connectivity index (χ4n) is 1.98. The zero-order valence-electron chi connectivity index (χ0n) is 14.6. The second kappa shape index (κ2) is 9.00. The molecule has 0 aliphatic heterocycles. The zero-order valence-corrected chi connectivity index (χ0v) is 14.6. The van der Waals surface area contributed by atoms with E-state index in [0.29, 0.717) is 5.56 Å². The molecule has 1 atom stereocenters. The number of rotatable bonds is 8. The maximum absolute atomic E-state index is 12.6. The first-order valence-corrected chi connectivity index (χ1v) is 7.97. The Hall–Kier alpha value is -2.13. The summed E-state index contributed by atoms with van der Waals surface area (Å²) in [4.78, 5) is 23.4. The van der Waals surface area contributed by atoms with Crippen LogP contribution < -0.4 is 10.6 Å². The summed E-state index contributed by atoms with van der Waals surface area (Å²) >= 11 is 0. The molecule has 6 nitrogen and oxygen atoms in total. The molecular weight excluding hydrogens is 353 g/mol. The normalized spacial score (nSPS) is 13.2. The molecule has 0 spiro atoms. The SMILES string of the molecule is CC(C)(CO)[C@@H](O)C(=O)NCCC(=O)NCc1cccc(C(F)(F)F)c1. The topological polar surface area (TPSA) is 98.7 Å². The minimum absolute atomic E-state index is 0.0498. The van der Waals surface area contributed by atoms with Crippen LogP contribution in [0.3, 0.4) is 0 Å². The van der Waals surface area contributed by atoms with E-state index in [1.807, 2.05) is 0 Å². The van der Waals surface area contributed by atoms with Crippen molar-refractivity contribution in [1.82, 2.24) is 10.6 Å². The molecular formula is C17H23F3N2O4. The highest BCUT2D eigenvalue weighted by atomic mass is 19.4. The molecule has 0 aromatic heterocycles. The molecule has 0 bridgehead atoms. The van der Waals surface area contributed by atoms with Crippen molar-refractivity contribution in [2.45, 2.75) is 39.1 Å². The number of nitrogens with one attached hydrogen (secondary N) is 2. The number of amides is 2. The van der Waals surface area contributed by atoms with E-state index >= 15 is 0 Å². The van der Waals surface area contributed by atoms with Gasteiger partial charge in [-0.1, -0.05) is 26.0 Å². The highest BCUT2D eigenvalue weighted by Gasteiger charge is 2.33. The number of benzene rings is 1. The number of carbonyl (C=O) groups excluding carboxylic acids is 2. The Bertz CT molecular complexity index is 633. The summed E-state index contributed by atoms with van der Waals surface area (Å²) in [5.41, 5.74) is -1.51. The monoisotopic (exact) mass is 376 g/mol. The van der Waals surface area contributed by atoms with Gasteiger partial charge in [0.15, 0.2) is 0 Å². The van der Waals surface area contributed by atoms with Crippen LogP contribution in [0.15, 0.2) is 24.3 Å². The number of alkyl halides is 3. The first-order valence-electron chi connectivity index (χ1n) is 7.97. The Morgan fingerprint density at radius 2 is 1.85 bits per heavy atom. The average Bonchev–Trinajstić information content (AvgIpc) is 2.58. The van der Waals surface area contributed by atoms with Crippen LogP contribution in [-0.4, -0.2) is 41.3 Å². The molecule has 1 aromatic carbocycles. The molecule has 26 heavy (non-hydrogen) atoms. The number of aliphatic hydroxyl groups excluding tert-OH is 2. The van der Waals surface area contributed by atoms with E-state index in [1.54, 1.807) is 0 Å². The lowest BCUT2D eigenvalue weighted by molar-refractivity contribution is -0.138. The number of halogens is 3. The highest BCUT2D eigenvalue weighted by molar-refractivity contribution is 5.82. The van der Waals surface area contributed by atoms with Gasteiger partial charge in [-0.15, -0.1) is 0 Å². The Morgan fingerprint density at radius 3 is 2.42 bits per heavy atom. The third kappa shape index (κ3) is 6.64. The van der Waals surface area contributed by atoms with Gasteiger partial charge in [-0.25, -0.2) is 0 Å². The standard InChI is InChI=1S/C17H23F3N2O4/c1-16(2,10-23)14(25)15(26)21-7-6-13(24)22-9-11-4-3-5-12(8-11)17(18,19)20/h3-5,8,14,23,25H,6-7,9-10H2,1-2H3,(H,21,26)(H,22,24)/t14-/m0/s1. The van der Waals surface area contributed by atoms with Gasteiger partial charge >= 0.3 is 6.18 Å². The van der Waals surface area contributed by atoms with Gasteiger partial charge in [0.2, 0.25) is 11.8 Å². The van der Waals surface area contributed by atoms with Gasteiger partial charge in [-0.05, 0) is 17.7 Å². The minimum atomic E-state index is -4.45. The lowest BCUT2D eigenvalue weighted by Gasteiger charge is -2.27. The van der Waals surface area contributed by atoms with Crippen LogP contribution in [0, 0.1) is 5.41 Å². The van der Waals surface area contributed by atoms with Crippen molar-refractivity contribution in [3.05, 3.63) is 35.4 Å². The smallest absolute Gasteiger partial charge is 0.396 e. The summed E-state index contributed by atoms with van der Waals surface area (Å²) in [6.07, 6.45) is -5.98. The number of hydrogen-bond acceptors (Lipinski definition) is 4. The van der Waals surface area contributed by atoms with Gasteiger partial charge in [0.25, 0.3) is 0 Å². The van der Waals surface area contributed by atoms with Crippen LogP contribution in [-0.2, 0) is 22.3 Å². The molecule has 0 heterocycles. The predicted octanol–water partition coefficient (Wildman–Crippen LogP) is 1.21. The molecule has 4 N–H and O–H groups in total. The number of hydrogen-bond donors (Lipinski definition) is 4. The Morgan fingerprint density at radius 1 is 1.19 bits per heavy atom. The van der Waals surface area contributed by atoms with Crippen LogP contribution in [0.1, 0.15) is 31.4 Å². The van der Waals surface area contributed by atoms with Crippen LogP contribution >= 0.6 is 0 Å². The lowest BCUT2D eigenvalue weighted by atomic mass is 9.87. The largest absolute Gasteiger partial charge is 0.416 e. The summed E-state index contributed by atoms with van der Waals surface area (Å²) in [6, 6.07) is 4.62. The van der Waals surface area contributed by atoms with Gasteiger partial charge < -0.3 is 20.8 Å². The van der Waals surface area contributed by atoms with Crippen molar-refractivity contribution >= 4 is 11.8 Å². The summed E-state index contributed by atoms with van der Waals surface area (Å²) in [5.74, 6) is -1.17. The van der Waals surface area contributed by atoms with E-state index in [1.165, 1.54) is 26.0 Å². The molecule has 0 saturated carbocycles. The van der Waals surface area contributed by atoms with Gasteiger partial charge in [-0.2, -0.15) is 13.2 Å². The van der Waals surface area contributed by atoms with Crippen molar-refractivity contribution in [3.8, 4) is 0 Å². The van der Waals surface area contributed by atoms with Crippen LogP contribution in [0.2, 0.25) is 0 Å². The summed E-state index contributed by atoms with van der Waals surface area (Å²) < 4.78 is 37.9. The number of aliphatic hydroxyl groups is 2. The molecule has 146 valence electrons. The Labute approximate surface area is 149 Å². The molecule has 1 aromatic rings.